The predicted octanol–water partition coefficient (Wildman–Crippen LogP) is 3.41. The monoisotopic (exact) mass is 444 g/mol. The SMILES string of the molecule is CS(=O)(=O)N1CCC2(CC1)CC(OC1=COC(CN3CCc4ccccc4C3)=CC1)C2. The number of hydrogen-bond acceptors (Lipinski definition) is 5. The molecule has 0 atom stereocenters. The van der Waals surface area contributed by atoms with Gasteiger partial charge in [0, 0.05) is 32.6 Å². The molecule has 0 amide bonds. The van der Waals surface area contributed by atoms with E-state index in [4.69, 9.17) is 9.47 Å². The van der Waals surface area contributed by atoms with Crippen LogP contribution in [0.1, 0.15) is 43.2 Å². The van der Waals surface area contributed by atoms with Crippen LogP contribution in [0, 0.1) is 5.41 Å². The molecule has 1 spiro atoms. The molecule has 168 valence electrons. The first-order chi connectivity index (χ1) is 14.9. The van der Waals surface area contributed by atoms with Gasteiger partial charge in [-0.15, -0.1) is 0 Å². The molecule has 2 fully saturated rings. The average Bonchev–Trinajstić information content (AvgIpc) is 2.74. The van der Waals surface area contributed by atoms with Crippen molar-refractivity contribution in [1.29, 1.82) is 0 Å². The number of benzene rings is 1. The maximum Gasteiger partial charge on any atom is 0.211 e. The second-order valence-corrected chi connectivity index (χ2v) is 11.6. The Kier molecular flexibility index (Phi) is 5.61. The molecule has 0 N–H and O–H groups in total. The highest BCUT2D eigenvalue weighted by atomic mass is 32.2. The minimum absolute atomic E-state index is 0.230. The van der Waals surface area contributed by atoms with Crippen LogP contribution in [0.4, 0.5) is 0 Å². The molecule has 0 unspecified atom stereocenters. The van der Waals surface area contributed by atoms with Crippen molar-refractivity contribution in [2.24, 2.45) is 5.41 Å². The van der Waals surface area contributed by atoms with Gasteiger partial charge in [0.15, 0.2) is 0 Å². The van der Waals surface area contributed by atoms with Gasteiger partial charge < -0.3 is 9.47 Å². The fourth-order valence-electron chi connectivity index (χ4n) is 5.44. The van der Waals surface area contributed by atoms with Gasteiger partial charge in [0.05, 0.1) is 18.9 Å². The first-order valence-corrected chi connectivity index (χ1v) is 13.2. The van der Waals surface area contributed by atoms with Crippen molar-refractivity contribution in [3.8, 4) is 0 Å². The lowest BCUT2D eigenvalue weighted by molar-refractivity contribution is -0.0776. The highest BCUT2D eigenvalue weighted by Gasteiger charge is 2.48. The van der Waals surface area contributed by atoms with E-state index >= 15 is 0 Å². The summed E-state index contributed by atoms with van der Waals surface area (Å²) in [5, 5.41) is 0. The van der Waals surface area contributed by atoms with E-state index in [1.54, 1.807) is 10.6 Å². The third-order valence-corrected chi connectivity index (χ3v) is 8.66. The van der Waals surface area contributed by atoms with Gasteiger partial charge in [0.1, 0.15) is 17.8 Å². The Morgan fingerprint density at radius 1 is 1.13 bits per heavy atom. The number of rotatable bonds is 5. The summed E-state index contributed by atoms with van der Waals surface area (Å²) in [7, 11) is -3.06. The van der Waals surface area contributed by atoms with Crippen molar-refractivity contribution in [3.63, 3.8) is 0 Å². The fraction of sp³-hybridized carbons (Fsp3) is 0.583. The van der Waals surface area contributed by atoms with E-state index in [1.807, 2.05) is 0 Å². The van der Waals surface area contributed by atoms with E-state index < -0.39 is 10.0 Å². The summed E-state index contributed by atoms with van der Waals surface area (Å²) in [5.41, 5.74) is 3.16. The maximum atomic E-state index is 11.7. The molecule has 7 heteroatoms. The second kappa shape index (κ2) is 8.26. The molecule has 5 rings (SSSR count). The minimum atomic E-state index is -3.06. The summed E-state index contributed by atoms with van der Waals surface area (Å²) < 4.78 is 37.1. The van der Waals surface area contributed by atoms with E-state index in [2.05, 4.69) is 35.2 Å². The number of ether oxygens (including phenoxy) is 2. The minimum Gasteiger partial charge on any atom is -0.491 e. The number of piperidine rings is 1. The summed E-state index contributed by atoms with van der Waals surface area (Å²) in [5.74, 6) is 1.91. The molecule has 0 aromatic heterocycles. The zero-order chi connectivity index (χ0) is 21.5. The summed E-state index contributed by atoms with van der Waals surface area (Å²) in [4.78, 5) is 2.44. The van der Waals surface area contributed by atoms with Crippen molar-refractivity contribution < 1.29 is 17.9 Å². The molecule has 3 heterocycles. The highest BCUT2D eigenvalue weighted by molar-refractivity contribution is 7.88. The number of fused-ring (bicyclic) bond motifs is 1. The third-order valence-electron chi connectivity index (χ3n) is 7.35. The van der Waals surface area contributed by atoms with Gasteiger partial charge in [-0.1, -0.05) is 24.3 Å². The number of nitrogens with zero attached hydrogens (tertiary/aromatic N) is 2. The summed E-state index contributed by atoms with van der Waals surface area (Å²) in [6, 6.07) is 8.69. The first-order valence-electron chi connectivity index (χ1n) is 11.3. The standard InChI is InChI=1S/C24H32N2O4S/c1-31(27,28)26-12-9-24(10-13-26)14-23(15-24)30-22-7-6-21(29-18-22)17-25-11-8-19-4-2-3-5-20(19)16-25/h2-6,18,23H,7-17H2,1H3. The van der Waals surface area contributed by atoms with Gasteiger partial charge in [-0.25, -0.2) is 12.7 Å². The molecule has 1 saturated carbocycles. The summed E-state index contributed by atoms with van der Waals surface area (Å²) in [6.07, 6.45) is 11.3. The molecule has 4 aliphatic rings. The molecule has 6 nitrogen and oxygen atoms in total. The Morgan fingerprint density at radius 2 is 1.87 bits per heavy atom. The van der Waals surface area contributed by atoms with Gasteiger partial charge in [-0.3, -0.25) is 4.90 Å². The molecule has 3 aliphatic heterocycles. The summed E-state index contributed by atoms with van der Waals surface area (Å²) in [6.45, 7) is 4.16. The van der Waals surface area contributed by atoms with Crippen LogP contribution in [0.5, 0.6) is 0 Å². The van der Waals surface area contributed by atoms with Crippen LogP contribution in [0.2, 0.25) is 0 Å². The largest absolute Gasteiger partial charge is 0.491 e. The van der Waals surface area contributed by atoms with Crippen LogP contribution in [0.15, 0.2) is 48.1 Å². The fourth-order valence-corrected chi connectivity index (χ4v) is 6.29. The van der Waals surface area contributed by atoms with Crippen LogP contribution in [0.3, 0.4) is 0 Å². The Morgan fingerprint density at radius 3 is 2.55 bits per heavy atom. The van der Waals surface area contributed by atoms with Crippen LogP contribution in [0.25, 0.3) is 0 Å². The first kappa shape index (κ1) is 21.0. The maximum absolute atomic E-state index is 11.7. The van der Waals surface area contributed by atoms with Crippen molar-refractivity contribution in [2.45, 2.75) is 51.2 Å². The van der Waals surface area contributed by atoms with E-state index in [0.717, 1.165) is 69.7 Å². The highest BCUT2D eigenvalue weighted by Crippen LogP contribution is 2.51. The molecular weight excluding hydrogens is 412 g/mol. The predicted molar refractivity (Wildman–Crippen MR) is 119 cm³/mol. The number of hydrogen-bond donors (Lipinski definition) is 0. The van der Waals surface area contributed by atoms with E-state index in [0.29, 0.717) is 13.1 Å². The Hall–Kier alpha value is -1.83. The lowest BCUT2D eigenvalue weighted by Crippen LogP contribution is -2.50. The number of allylic oxidation sites excluding steroid dienone is 1. The van der Waals surface area contributed by atoms with Gasteiger partial charge in [0.25, 0.3) is 0 Å². The molecule has 0 radical (unpaired) electrons. The molecule has 1 saturated heterocycles. The molecule has 0 bridgehead atoms. The lowest BCUT2D eigenvalue weighted by atomic mass is 9.61. The van der Waals surface area contributed by atoms with Gasteiger partial charge >= 0.3 is 0 Å². The topological polar surface area (TPSA) is 59.1 Å². The lowest BCUT2D eigenvalue weighted by Gasteiger charge is -2.51. The van der Waals surface area contributed by atoms with Gasteiger partial charge in [0.2, 0.25) is 10.0 Å². The van der Waals surface area contributed by atoms with E-state index in [9.17, 15) is 8.42 Å². The average molecular weight is 445 g/mol. The van der Waals surface area contributed by atoms with E-state index in [1.165, 1.54) is 17.4 Å². The van der Waals surface area contributed by atoms with Crippen molar-refractivity contribution in [3.05, 3.63) is 59.2 Å². The van der Waals surface area contributed by atoms with Crippen LogP contribution >= 0.6 is 0 Å². The Bertz CT molecular complexity index is 985. The summed E-state index contributed by atoms with van der Waals surface area (Å²) >= 11 is 0. The molecule has 1 aromatic rings. The van der Waals surface area contributed by atoms with Crippen molar-refractivity contribution in [1.82, 2.24) is 9.21 Å². The van der Waals surface area contributed by atoms with Crippen LogP contribution in [-0.2, 0) is 32.5 Å². The third kappa shape index (κ3) is 4.69. The molecule has 31 heavy (non-hydrogen) atoms. The second-order valence-electron chi connectivity index (χ2n) is 9.62. The smallest absolute Gasteiger partial charge is 0.211 e. The van der Waals surface area contributed by atoms with Crippen molar-refractivity contribution in [2.75, 3.05) is 32.4 Å². The van der Waals surface area contributed by atoms with E-state index in [-0.39, 0.29) is 11.5 Å². The van der Waals surface area contributed by atoms with Gasteiger partial charge in [-0.05, 0) is 54.7 Å². The van der Waals surface area contributed by atoms with Crippen LogP contribution in [-0.4, -0.2) is 56.2 Å². The molecule has 1 aromatic carbocycles. The number of sulfonamides is 1. The Balaban J connectivity index is 1.05. The van der Waals surface area contributed by atoms with Gasteiger partial charge in [-0.2, -0.15) is 0 Å². The van der Waals surface area contributed by atoms with Crippen molar-refractivity contribution >= 4 is 10.0 Å². The van der Waals surface area contributed by atoms with Crippen LogP contribution < -0.4 is 0 Å². The molecule has 1 aliphatic carbocycles. The molecular formula is C24H32N2O4S. The Labute approximate surface area is 185 Å². The normalized spacial score (nSPS) is 24.5. The zero-order valence-corrected chi connectivity index (χ0v) is 19.1. The quantitative estimate of drug-likeness (QED) is 0.697. The zero-order valence-electron chi connectivity index (χ0n) is 18.3.